The van der Waals surface area contributed by atoms with Gasteiger partial charge in [0.15, 0.2) is 10.8 Å². The monoisotopic (exact) mass is 251 g/mol. The molecule has 2 rings (SSSR count). The van der Waals surface area contributed by atoms with Crippen LogP contribution in [0.5, 0.6) is 0 Å². The molecule has 0 aliphatic rings. The van der Waals surface area contributed by atoms with Crippen molar-refractivity contribution in [2.24, 2.45) is 5.84 Å². The van der Waals surface area contributed by atoms with Crippen molar-refractivity contribution in [3.63, 3.8) is 0 Å². The number of aromatic nitrogens is 1. The molecule has 0 spiro atoms. The predicted molar refractivity (Wildman–Crippen MR) is 65.6 cm³/mol. The van der Waals surface area contributed by atoms with Crippen molar-refractivity contribution >= 4 is 17.2 Å². The first-order chi connectivity index (χ1) is 8.13. The zero-order valence-corrected chi connectivity index (χ0v) is 10.4. The Balaban J connectivity index is 2.48. The van der Waals surface area contributed by atoms with Gasteiger partial charge in [0.05, 0.1) is 12.0 Å². The van der Waals surface area contributed by atoms with Crippen LogP contribution >= 0.6 is 11.3 Å². The van der Waals surface area contributed by atoms with Crippen LogP contribution in [-0.4, -0.2) is 10.9 Å². The topological polar surface area (TPSA) is 81.2 Å². The first kappa shape index (κ1) is 11.8. The van der Waals surface area contributed by atoms with Gasteiger partial charge in [-0.2, -0.15) is 0 Å². The molecule has 0 aliphatic carbocycles. The van der Waals surface area contributed by atoms with E-state index in [0.29, 0.717) is 15.6 Å². The number of hydrogen-bond donors (Lipinski definition) is 2. The van der Waals surface area contributed by atoms with Gasteiger partial charge in [-0.1, -0.05) is 13.8 Å². The first-order valence-corrected chi connectivity index (χ1v) is 6.00. The zero-order valence-electron chi connectivity index (χ0n) is 9.56. The Hall–Kier alpha value is -1.66. The molecule has 5 nitrogen and oxygen atoms in total. The summed E-state index contributed by atoms with van der Waals surface area (Å²) in [4.78, 5) is 16.6. The van der Waals surface area contributed by atoms with E-state index in [0.717, 1.165) is 5.69 Å². The molecule has 3 N–H and O–H groups in total. The second-order valence-corrected chi connectivity index (χ2v) is 4.84. The smallest absolute Gasteiger partial charge is 0.277 e. The van der Waals surface area contributed by atoms with Gasteiger partial charge < -0.3 is 4.42 Å². The van der Waals surface area contributed by atoms with Gasteiger partial charge in [-0.3, -0.25) is 10.2 Å². The molecule has 0 aromatic carbocycles. The number of nitrogens with zero attached hydrogens (tertiary/aromatic N) is 1. The summed E-state index contributed by atoms with van der Waals surface area (Å²) < 4.78 is 5.27. The molecule has 0 saturated carbocycles. The summed E-state index contributed by atoms with van der Waals surface area (Å²) >= 11 is 1.28. The molecule has 0 atom stereocenters. The Morgan fingerprint density at radius 2 is 2.35 bits per heavy atom. The summed E-state index contributed by atoms with van der Waals surface area (Å²) in [5, 5.41) is 0.692. The zero-order chi connectivity index (χ0) is 12.4. The number of nitrogens with one attached hydrogen (secondary N) is 1. The summed E-state index contributed by atoms with van der Waals surface area (Å²) in [6, 6.07) is 3.60. The van der Waals surface area contributed by atoms with Crippen LogP contribution in [-0.2, 0) is 0 Å². The highest BCUT2D eigenvalue weighted by atomic mass is 32.1. The van der Waals surface area contributed by atoms with Crippen molar-refractivity contribution in [3.05, 3.63) is 29.0 Å². The predicted octanol–water partition coefficient (Wildman–Crippen LogP) is 2.13. The molecular formula is C11H13N3O2S. The third-order valence-corrected chi connectivity index (χ3v) is 3.35. The van der Waals surface area contributed by atoms with Crippen molar-refractivity contribution in [2.75, 3.05) is 0 Å². The largest absolute Gasteiger partial charge is 0.462 e. The van der Waals surface area contributed by atoms with Gasteiger partial charge >= 0.3 is 0 Å². The lowest BCUT2D eigenvalue weighted by molar-refractivity contribution is 0.0956. The Morgan fingerprint density at radius 1 is 1.59 bits per heavy atom. The van der Waals surface area contributed by atoms with Gasteiger partial charge in [0.25, 0.3) is 5.91 Å². The van der Waals surface area contributed by atoms with Crippen LogP contribution in [0.15, 0.2) is 22.8 Å². The van der Waals surface area contributed by atoms with Crippen molar-refractivity contribution in [1.29, 1.82) is 0 Å². The summed E-state index contributed by atoms with van der Waals surface area (Å²) in [6.07, 6.45) is 1.58. The Kier molecular flexibility index (Phi) is 3.26. The van der Waals surface area contributed by atoms with E-state index >= 15 is 0 Å². The number of nitrogens with two attached hydrogens (primary N) is 1. The quantitative estimate of drug-likeness (QED) is 0.497. The SMILES string of the molecule is CC(C)c1nc(-c2ccco2)sc1C(=O)NN. The molecule has 0 unspecified atom stereocenters. The molecule has 2 aromatic rings. The molecule has 0 radical (unpaired) electrons. The normalized spacial score (nSPS) is 10.8. The van der Waals surface area contributed by atoms with Crippen molar-refractivity contribution in [1.82, 2.24) is 10.4 Å². The van der Waals surface area contributed by atoms with E-state index in [1.54, 1.807) is 12.3 Å². The van der Waals surface area contributed by atoms with Gasteiger partial charge in [-0.05, 0) is 18.1 Å². The maximum absolute atomic E-state index is 11.6. The number of hydrazine groups is 1. The summed E-state index contributed by atoms with van der Waals surface area (Å²) in [5.41, 5.74) is 2.88. The molecule has 90 valence electrons. The molecule has 0 bridgehead atoms. The number of nitrogen functional groups attached to an aromatic ring is 1. The Labute approximate surface area is 103 Å². The molecule has 0 saturated heterocycles. The van der Waals surface area contributed by atoms with Gasteiger partial charge in [-0.15, -0.1) is 11.3 Å². The van der Waals surface area contributed by atoms with E-state index in [4.69, 9.17) is 10.3 Å². The number of carbonyl (C=O) groups excluding carboxylic acids is 1. The lowest BCUT2D eigenvalue weighted by Gasteiger charge is -2.02. The molecule has 6 heteroatoms. The van der Waals surface area contributed by atoms with E-state index < -0.39 is 0 Å². The molecule has 1 amide bonds. The number of carbonyl (C=O) groups is 1. The third-order valence-electron chi connectivity index (χ3n) is 2.27. The maximum Gasteiger partial charge on any atom is 0.277 e. The maximum atomic E-state index is 11.6. The molecule has 17 heavy (non-hydrogen) atoms. The van der Waals surface area contributed by atoms with Crippen molar-refractivity contribution < 1.29 is 9.21 Å². The van der Waals surface area contributed by atoms with Crippen molar-refractivity contribution in [2.45, 2.75) is 19.8 Å². The van der Waals surface area contributed by atoms with Gasteiger partial charge in [-0.25, -0.2) is 10.8 Å². The average Bonchev–Trinajstić information content (AvgIpc) is 2.95. The number of furan rings is 1. The highest BCUT2D eigenvalue weighted by molar-refractivity contribution is 7.17. The fraction of sp³-hybridized carbons (Fsp3) is 0.273. The second kappa shape index (κ2) is 4.68. The number of amides is 1. The van der Waals surface area contributed by atoms with Crippen LogP contribution in [0, 0.1) is 0 Å². The van der Waals surface area contributed by atoms with E-state index in [1.807, 2.05) is 19.9 Å². The van der Waals surface area contributed by atoms with E-state index in [1.165, 1.54) is 11.3 Å². The number of thiazole rings is 1. The standard InChI is InChI=1S/C11H13N3O2S/c1-6(2)8-9(10(15)14-12)17-11(13-8)7-4-3-5-16-7/h3-6H,12H2,1-2H3,(H,14,15). The summed E-state index contributed by atoms with van der Waals surface area (Å²) in [5.74, 6) is 5.66. The highest BCUT2D eigenvalue weighted by Crippen LogP contribution is 2.31. The van der Waals surface area contributed by atoms with Crippen LogP contribution in [0.2, 0.25) is 0 Å². The second-order valence-electron chi connectivity index (χ2n) is 3.84. The first-order valence-electron chi connectivity index (χ1n) is 5.19. The van der Waals surface area contributed by atoms with Gasteiger partial charge in [0.2, 0.25) is 0 Å². The van der Waals surface area contributed by atoms with Crippen LogP contribution in [0.25, 0.3) is 10.8 Å². The van der Waals surface area contributed by atoms with Crippen LogP contribution in [0.3, 0.4) is 0 Å². The fourth-order valence-corrected chi connectivity index (χ4v) is 2.55. The summed E-state index contributed by atoms with van der Waals surface area (Å²) in [6.45, 7) is 3.96. The fourth-order valence-electron chi connectivity index (χ4n) is 1.46. The van der Waals surface area contributed by atoms with Crippen LogP contribution < -0.4 is 11.3 Å². The van der Waals surface area contributed by atoms with E-state index in [9.17, 15) is 4.79 Å². The molecular weight excluding hydrogens is 238 g/mol. The number of rotatable bonds is 3. The van der Waals surface area contributed by atoms with Gasteiger partial charge in [0.1, 0.15) is 4.88 Å². The van der Waals surface area contributed by atoms with E-state index in [2.05, 4.69) is 10.4 Å². The average molecular weight is 251 g/mol. The molecule has 0 fully saturated rings. The Morgan fingerprint density at radius 3 is 2.88 bits per heavy atom. The molecule has 2 aromatic heterocycles. The molecule has 2 heterocycles. The minimum Gasteiger partial charge on any atom is -0.462 e. The van der Waals surface area contributed by atoms with Crippen LogP contribution in [0.4, 0.5) is 0 Å². The third kappa shape index (κ3) is 2.22. The van der Waals surface area contributed by atoms with E-state index in [-0.39, 0.29) is 11.8 Å². The lowest BCUT2D eigenvalue weighted by Crippen LogP contribution is -2.30. The summed E-state index contributed by atoms with van der Waals surface area (Å²) in [7, 11) is 0. The number of hydrogen-bond acceptors (Lipinski definition) is 5. The van der Waals surface area contributed by atoms with Crippen LogP contribution in [0.1, 0.15) is 35.1 Å². The molecule has 0 aliphatic heterocycles. The highest BCUT2D eigenvalue weighted by Gasteiger charge is 2.21. The minimum atomic E-state index is -0.316. The van der Waals surface area contributed by atoms with Gasteiger partial charge in [0, 0.05) is 0 Å². The minimum absolute atomic E-state index is 0.155. The Bertz CT molecular complexity index is 517. The lowest BCUT2D eigenvalue weighted by atomic mass is 10.1. The van der Waals surface area contributed by atoms with Crippen molar-refractivity contribution in [3.8, 4) is 10.8 Å².